The molecule has 0 bridgehead atoms. The molecule has 0 spiro atoms. The number of hydrogen-bond acceptors (Lipinski definition) is 9. The second-order valence-electron chi connectivity index (χ2n) is 7.64. The summed E-state index contributed by atoms with van der Waals surface area (Å²) in [5.74, 6) is -3.54. The molecule has 1 aliphatic rings. The van der Waals surface area contributed by atoms with E-state index in [4.69, 9.17) is 9.72 Å². The second kappa shape index (κ2) is 9.32. The van der Waals surface area contributed by atoms with E-state index in [2.05, 4.69) is 30.5 Å². The highest BCUT2D eigenvalue weighted by Crippen LogP contribution is 2.35. The normalized spacial score (nSPS) is 14.3. The molecule has 0 aromatic carbocycles. The van der Waals surface area contributed by atoms with Gasteiger partial charge in [-0.05, 0) is 6.92 Å². The van der Waals surface area contributed by atoms with E-state index >= 15 is 0 Å². The van der Waals surface area contributed by atoms with Crippen LogP contribution in [0.1, 0.15) is 25.4 Å². The van der Waals surface area contributed by atoms with Crippen LogP contribution in [0.4, 0.5) is 31.2 Å². The van der Waals surface area contributed by atoms with Gasteiger partial charge in [0.1, 0.15) is 11.6 Å². The lowest BCUT2D eigenvalue weighted by Gasteiger charge is -2.26. The lowest BCUT2D eigenvalue weighted by Crippen LogP contribution is -2.36. The van der Waals surface area contributed by atoms with Crippen LogP contribution in [0, 0.1) is 6.92 Å². The van der Waals surface area contributed by atoms with Crippen LogP contribution >= 0.6 is 11.3 Å². The summed E-state index contributed by atoms with van der Waals surface area (Å²) in [5, 5.41) is 8.47. The molecule has 1 fully saturated rings. The number of aromatic nitrogens is 4. The van der Waals surface area contributed by atoms with Crippen LogP contribution in [-0.4, -0.2) is 52.1 Å². The highest BCUT2D eigenvalue weighted by Gasteiger charge is 2.29. The van der Waals surface area contributed by atoms with Crippen molar-refractivity contribution in [1.29, 1.82) is 0 Å². The molecule has 33 heavy (non-hydrogen) atoms. The van der Waals surface area contributed by atoms with Crippen LogP contribution in [0.3, 0.4) is 0 Å². The molecule has 0 atom stereocenters. The quantitative estimate of drug-likeness (QED) is 0.552. The number of thiazole rings is 1. The Morgan fingerprint density at radius 2 is 1.94 bits per heavy atom. The van der Waals surface area contributed by atoms with E-state index in [-0.39, 0.29) is 11.7 Å². The van der Waals surface area contributed by atoms with Crippen LogP contribution in [-0.2, 0) is 15.5 Å². The molecule has 3 aromatic rings. The lowest BCUT2D eigenvalue weighted by molar-refractivity contribution is -0.114. The Morgan fingerprint density at radius 3 is 2.64 bits per heavy atom. The number of alkyl halides is 2. The van der Waals surface area contributed by atoms with E-state index in [0.29, 0.717) is 41.7 Å². The Hall–Kier alpha value is -3.25. The van der Waals surface area contributed by atoms with Crippen molar-refractivity contribution in [2.24, 2.45) is 0 Å². The first-order valence-electron chi connectivity index (χ1n) is 10.3. The Bertz CT molecular complexity index is 1160. The van der Waals surface area contributed by atoms with Gasteiger partial charge in [-0.15, -0.1) is 11.3 Å². The molecule has 9 nitrogen and oxygen atoms in total. The molecule has 3 aromatic heterocycles. The predicted octanol–water partition coefficient (Wildman–Crippen LogP) is 3.95. The first-order valence-corrected chi connectivity index (χ1v) is 11.1. The van der Waals surface area contributed by atoms with Gasteiger partial charge in [0.05, 0.1) is 24.6 Å². The largest absolute Gasteiger partial charge is 0.378 e. The first-order chi connectivity index (χ1) is 15.7. The molecule has 0 saturated carbocycles. The van der Waals surface area contributed by atoms with Crippen LogP contribution in [0.5, 0.6) is 0 Å². The number of morpholine rings is 1. The molecule has 12 heteroatoms. The summed E-state index contributed by atoms with van der Waals surface area (Å²) in [6.45, 7) is 6.55. The average Bonchev–Trinajstić information content (AvgIpc) is 3.23. The first kappa shape index (κ1) is 22.9. The Balaban J connectivity index is 1.71. The standard InChI is InChI=1S/C21H23F2N7O2S/c1-12-8-18(29-19(25-12)21(3,22)23)27-15-9-17(26-13(2)31)24-10-14(15)16-11-33-20(28-16)30-4-6-32-7-5-30/h8-11H,4-7H2,1-3H3,(H2,24,25,26,27,29,31). The van der Waals surface area contributed by atoms with E-state index in [1.807, 2.05) is 5.38 Å². The maximum absolute atomic E-state index is 13.9. The maximum atomic E-state index is 13.9. The predicted molar refractivity (Wildman–Crippen MR) is 122 cm³/mol. The number of hydrogen-bond donors (Lipinski definition) is 2. The number of anilines is 4. The number of nitrogens with zero attached hydrogens (tertiary/aromatic N) is 5. The molecular formula is C21H23F2N7O2S. The van der Waals surface area contributed by atoms with Gasteiger partial charge in [-0.25, -0.2) is 19.9 Å². The highest BCUT2D eigenvalue weighted by atomic mass is 32.1. The van der Waals surface area contributed by atoms with Gasteiger partial charge in [0.15, 0.2) is 5.13 Å². The molecule has 1 saturated heterocycles. The van der Waals surface area contributed by atoms with Crippen molar-refractivity contribution in [3.05, 3.63) is 35.2 Å². The van der Waals surface area contributed by atoms with Crippen LogP contribution in [0.25, 0.3) is 11.3 Å². The van der Waals surface area contributed by atoms with E-state index < -0.39 is 11.7 Å². The van der Waals surface area contributed by atoms with Gasteiger partial charge in [-0.2, -0.15) is 8.78 Å². The number of ether oxygens (including phenoxy) is 1. The zero-order valence-electron chi connectivity index (χ0n) is 18.4. The Morgan fingerprint density at radius 1 is 1.18 bits per heavy atom. The van der Waals surface area contributed by atoms with Gasteiger partial charge in [-0.3, -0.25) is 4.79 Å². The Labute approximate surface area is 193 Å². The summed E-state index contributed by atoms with van der Waals surface area (Å²) in [6.07, 6.45) is 1.58. The minimum absolute atomic E-state index is 0.198. The van der Waals surface area contributed by atoms with Crippen molar-refractivity contribution in [2.75, 3.05) is 41.8 Å². The number of carbonyl (C=O) groups is 1. The second-order valence-corrected chi connectivity index (χ2v) is 8.48. The fourth-order valence-electron chi connectivity index (χ4n) is 3.27. The molecular weight excluding hydrogens is 452 g/mol. The third-order valence-electron chi connectivity index (χ3n) is 4.77. The Kier molecular flexibility index (Phi) is 6.47. The van der Waals surface area contributed by atoms with E-state index in [1.165, 1.54) is 18.3 Å². The summed E-state index contributed by atoms with van der Waals surface area (Å²) in [7, 11) is 0. The van der Waals surface area contributed by atoms with Crippen LogP contribution < -0.4 is 15.5 Å². The van der Waals surface area contributed by atoms with Gasteiger partial charge in [0.2, 0.25) is 11.7 Å². The summed E-state index contributed by atoms with van der Waals surface area (Å²) in [5.41, 5.74) is 2.21. The minimum Gasteiger partial charge on any atom is -0.378 e. The van der Waals surface area contributed by atoms with Gasteiger partial charge in [-0.1, -0.05) is 0 Å². The van der Waals surface area contributed by atoms with Crippen molar-refractivity contribution < 1.29 is 18.3 Å². The van der Waals surface area contributed by atoms with E-state index in [1.54, 1.807) is 25.3 Å². The van der Waals surface area contributed by atoms with Crippen molar-refractivity contribution >= 4 is 39.7 Å². The molecule has 4 rings (SSSR count). The molecule has 1 amide bonds. The molecule has 1 aliphatic heterocycles. The van der Waals surface area contributed by atoms with Crippen molar-refractivity contribution in [2.45, 2.75) is 26.7 Å². The zero-order valence-corrected chi connectivity index (χ0v) is 19.2. The summed E-state index contributed by atoms with van der Waals surface area (Å²) in [6, 6.07) is 3.18. The summed E-state index contributed by atoms with van der Waals surface area (Å²) >= 11 is 1.50. The molecule has 0 radical (unpaired) electrons. The van der Waals surface area contributed by atoms with Crippen molar-refractivity contribution in [3.63, 3.8) is 0 Å². The average molecular weight is 476 g/mol. The number of amides is 1. The SMILES string of the molecule is CC(=O)Nc1cc(Nc2cc(C)nc(C(C)(F)F)n2)c(-c2csc(N3CCOCC3)n2)cn1. The third-order valence-corrected chi connectivity index (χ3v) is 5.67. The van der Waals surface area contributed by atoms with E-state index in [0.717, 1.165) is 25.1 Å². The van der Waals surface area contributed by atoms with Crippen molar-refractivity contribution in [3.8, 4) is 11.3 Å². The fraction of sp³-hybridized carbons (Fsp3) is 0.381. The zero-order chi connectivity index (χ0) is 23.6. The van der Waals surface area contributed by atoms with Gasteiger partial charge >= 0.3 is 5.92 Å². The van der Waals surface area contributed by atoms with Gasteiger partial charge < -0.3 is 20.3 Å². The lowest BCUT2D eigenvalue weighted by atomic mass is 10.1. The third kappa shape index (κ3) is 5.57. The molecule has 2 N–H and O–H groups in total. The number of nitrogens with one attached hydrogen (secondary N) is 2. The van der Waals surface area contributed by atoms with E-state index in [9.17, 15) is 13.6 Å². The van der Waals surface area contributed by atoms with Gasteiger partial charge in [0, 0.05) is 61.9 Å². The molecule has 4 heterocycles. The summed E-state index contributed by atoms with van der Waals surface area (Å²) < 4.78 is 33.1. The smallest absolute Gasteiger partial charge is 0.303 e. The number of aryl methyl sites for hydroxylation is 1. The minimum atomic E-state index is -3.19. The topological polar surface area (TPSA) is 105 Å². The summed E-state index contributed by atoms with van der Waals surface area (Å²) in [4.78, 5) is 30.5. The maximum Gasteiger partial charge on any atom is 0.303 e. The molecule has 174 valence electrons. The van der Waals surface area contributed by atoms with Crippen LogP contribution in [0.2, 0.25) is 0 Å². The van der Waals surface area contributed by atoms with Crippen LogP contribution in [0.15, 0.2) is 23.7 Å². The monoisotopic (exact) mass is 475 g/mol. The number of pyridine rings is 1. The number of rotatable bonds is 6. The number of carbonyl (C=O) groups excluding carboxylic acids is 1. The van der Waals surface area contributed by atoms with Gasteiger partial charge in [0.25, 0.3) is 0 Å². The molecule has 0 aliphatic carbocycles. The van der Waals surface area contributed by atoms with Crippen molar-refractivity contribution in [1.82, 2.24) is 19.9 Å². The highest BCUT2D eigenvalue weighted by molar-refractivity contribution is 7.14. The molecule has 0 unspecified atom stereocenters. The fourth-order valence-corrected chi connectivity index (χ4v) is 4.15. The number of halogens is 2.